The average molecular weight is 247 g/mol. The van der Waals surface area contributed by atoms with Crippen LogP contribution in [-0.4, -0.2) is 23.7 Å². The van der Waals surface area contributed by atoms with Crippen LogP contribution < -0.4 is 4.90 Å². The van der Waals surface area contributed by atoms with Crippen LogP contribution in [-0.2, 0) is 0 Å². The van der Waals surface area contributed by atoms with Crippen molar-refractivity contribution in [3.8, 4) is 0 Å². The standard InChI is InChI=1S/C15H21NO2/c1-3-4-10-16(12-8-9-12)14-11(2)6-5-7-13(14)15(17)18/h5-7,12H,3-4,8-10H2,1-2H3,(H,17,18). The predicted octanol–water partition coefficient (Wildman–Crippen LogP) is 3.46. The van der Waals surface area contributed by atoms with Crippen molar-refractivity contribution in [2.75, 3.05) is 11.4 Å². The van der Waals surface area contributed by atoms with Gasteiger partial charge in [0.25, 0.3) is 0 Å². The Hall–Kier alpha value is -1.51. The van der Waals surface area contributed by atoms with Gasteiger partial charge in [0.2, 0.25) is 0 Å². The Bertz CT molecular complexity index is 438. The molecular weight excluding hydrogens is 226 g/mol. The summed E-state index contributed by atoms with van der Waals surface area (Å²) in [5, 5.41) is 9.34. The summed E-state index contributed by atoms with van der Waals surface area (Å²) < 4.78 is 0. The van der Waals surface area contributed by atoms with Crippen molar-refractivity contribution in [3.05, 3.63) is 29.3 Å². The third-order valence-electron chi connectivity index (χ3n) is 3.50. The summed E-state index contributed by atoms with van der Waals surface area (Å²) in [7, 11) is 0. The van der Waals surface area contributed by atoms with Crippen molar-refractivity contribution in [2.24, 2.45) is 0 Å². The molecule has 1 aromatic carbocycles. The van der Waals surface area contributed by atoms with Crippen LogP contribution in [0.2, 0.25) is 0 Å². The van der Waals surface area contributed by atoms with Gasteiger partial charge in [-0.25, -0.2) is 4.79 Å². The highest BCUT2D eigenvalue weighted by Gasteiger charge is 2.31. The Morgan fingerprint density at radius 3 is 2.72 bits per heavy atom. The first-order valence-electron chi connectivity index (χ1n) is 6.74. The molecule has 0 saturated heterocycles. The molecule has 1 fully saturated rings. The minimum absolute atomic E-state index is 0.443. The van der Waals surface area contributed by atoms with Crippen molar-refractivity contribution in [3.63, 3.8) is 0 Å². The van der Waals surface area contributed by atoms with Gasteiger partial charge < -0.3 is 10.0 Å². The topological polar surface area (TPSA) is 40.5 Å². The Kier molecular flexibility index (Phi) is 3.90. The van der Waals surface area contributed by atoms with E-state index >= 15 is 0 Å². The first kappa shape index (κ1) is 12.9. The van der Waals surface area contributed by atoms with Crippen LogP contribution in [0, 0.1) is 6.92 Å². The van der Waals surface area contributed by atoms with Gasteiger partial charge in [-0.3, -0.25) is 0 Å². The van der Waals surface area contributed by atoms with E-state index in [9.17, 15) is 9.90 Å². The zero-order valence-corrected chi connectivity index (χ0v) is 11.1. The van der Waals surface area contributed by atoms with Gasteiger partial charge in [0.1, 0.15) is 0 Å². The summed E-state index contributed by atoms with van der Waals surface area (Å²) >= 11 is 0. The Morgan fingerprint density at radius 2 is 2.17 bits per heavy atom. The SMILES string of the molecule is CCCCN(c1c(C)cccc1C(=O)O)C1CC1. The summed E-state index contributed by atoms with van der Waals surface area (Å²) in [5.41, 5.74) is 2.44. The minimum atomic E-state index is -0.823. The highest BCUT2D eigenvalue weighted by Crippen LogP contribution is 2.35. The molecular formula is C15H21NO2. The van der Waals surface area contributed by atoms with E-state index in [-0.39, 0.29) is 0 Å². The largest absolute Gasteiger partial charge is 0.478 e. The lowest BCUT2D eigenvalue weighted by Crippen LogP contribution is -2.29. The van der Waals surface area contributed by atoms with E-state index in [1.165, 1.54) is 12.8 Å². The van der Waals surface area contributed by atoms with Crippen molar-refractivity contribution in [2.45, 2.75) is 45.6 Å². The first-order valence-corrected chi connectivity index (χ1v) is 6.74. The van der Waals surface area contributed by atoms with E-state index in [0.29, 0.717) is 11.6 Å². The summed E-state index contributed by atoms with van der Waals surface area (Å²) in [6.45, 7) is 5.14. The molecule has 2 rings (SSSR count). The molecule has 1 aliphatic rings. The highest BCUT2D eigenvalue weighted by molar-refractivity contribution is 5.95. The zero-order chi connectivity index (χ0) is 13.1. The molecule has 0 spiro atoms. The number of carboxylic acids is 1. The van der Waals surface area contributed by atoms with Crippen LogP contribution >= 0.6 is 0 Å². The molecule has 18 heavy (non-hydrogen) atoms. The molecule has 1 saturated carbocycles. The monoisotopic (exact) mass is 247 g/mol. The van der Waals surface area contributed by atoms with Crippen molar-refractivity contribution in [1.82, 2.24) is 0 Å². The molecule has 1 N–H and O–H groups in total. The number of carbonyl (C=O) groups is 1. The summed E-state index contributed by atoms with van der Waals surface area (Å²) in [6.07, 6.45) is 4.63. The molecule has 0 atom stereocenters. The number of aromatic carboxylic acids is 1. The number of carboxylic acid groups (broad SMARTS) is 1. The number of hydrogen-bond donors (Lipinski definition) is 1. The first-order chi connectivity index (χ1) is 8.65. The van der Waals surface area contributed by atoms with E-state index in [1.807, 2.05) is 19.1 Å². The van der Waals surface area contributed by atoms with E-state index < -0.39 is 5.97 Å². The van der Waals surface area contributed by atoms with Crippen LogP contribution in [0.3, 0.4) is 0 Å². The Labute approximate surface area is 108 Å². The van der Waals surface area contributed by atoms with E-state index in [1.54, 1.807) is 6.07 Å². The van der Waals surface area contributed by atoms with Crippen LogP contribution in [0.5, 0.6) is 0 Å². The third kappa shape index (κ3) is 2.66. The lowest BCUT2D eigenvalue weighted by molar-refractivity contribution is 0.0697. The van der Waals surface area contributed by atoms with Gasteiger partial charge in [-0.15, -0.1) is 0 Å². The quantitative estimate of drug-likeness (QED) is 0.836. The number of anilines is 1. The van der Waals surface area contributed by atoms with Crippen molar-refractivity contribution < 1.29 is 9.90 Å². The Balaban J connectivity index is 2.36. The van der Waals surface area contributed by atoms with E-state index in [2.05, 4.69) is 11.8 Å². The molecule has 0 radical (unpaired) electrons. The second-order valence-electron chi connectivity index (χ2n) is 5.05. The van der Waals surface area contributed by atoms with Gasteiger partial charge in [0, 0.05) is 12.6 Å². The molecule has 0 amide bonds. The molecule has 0 aliphatic heterocycles. The molecule has 0 bridgehead atoms. The van der Waals surface area contributed by atoms with Crippen LogP contribution in [0.4, 0.5) is 5.69 Å². The molecule has 98 valence electrons. The molecule has 0 heterocycles. The fraction of sp³-hybridized carbons (Fsp3) is 0.533. The minimum Gasteiger partial charge on any atom is -0.478 e. The van der Waals surface area contributed by atoms with Crippen LogP contribution in [0.1, 0.15) is 48.5 Å². The number of para-hydroxylation sites is 1. The van der Waals surface area contributed by atoms with E-state index in [0.717, 1.165) is 30.6 Å². The van der Waals surface area contributed by atoms with Gasteiger partial charge in [-0.05, 0) is 37.8 Å². The smallest absolute Gasteiger partial charge is 0.337 e. The fourth-order valence-corrected chi connectivity index (χ4v) is 2.40. The van der Waals surface area contributed by atoms with Gasteiger partial charge in [-0.1, -0.05) is 25.5 Å². The predicted molar refractivity (Wildman–Crippen MR) is 73.4 cm³/mol. The maximum atomic E-state index is 11.4. The number of nitrogens with zero attached hydrogens (tertiary/aromatic N) is 1. The van der Waals surface area contributed by atoms with Crippen molar-refractivity contribution in [1.29, 1.82) is 0 Å². The van der Waals surface area contributed by atoms with Gasteiger partial charge in [-0.2, -0.15) is 0 Å². The lowest BCUT2D eigenvalue weighted by atomic mass is 10.1. The molecule has 3 nitrogen and oxygen atoms in total. The number of aryl methyl sites for hydroxylation is 1. The number of rotatable bonds is 6. The van der Waals surface area contributed by atoms with Crippen LogP contribution in [0.15, 0.2) is 18.2 Å². The normalized spacial score (nSPS) is 14.6. The van der Waals surface area contributed by atoms with Crippen molar-refractivity contribution >= 4 is 11.7 Å². The lowest BCUT2D eigenvalue weighted by Gasteiger charge is -2.28. The van der Waals surface area contributed by atoms with E-state index in [4.69, 9.17) is 0 Å². The highest BCUT2D eigenvalue weighted by atomic mass is 16.4. The number of hydrogen-bond acceptors (Lipinski definition) is 2. The molecule has 3 heteroatoms. The fourth-order valence-electron chi connectivity index (χ4n) is 2.40. The molecule has 0 aromatic heterocycles. The van der Waals surface area contributed by atoms with Crippen LogP contribution in [0.25, 0.3) is 0 Å². The summed E-state index contributed by atoms with van der Waals surface area (Å²) in [6, 6.07) is 6.10. The molecule has 1 aliphatic carbocycles. The zero-order valence-electron chi connectivity index (χ0n) is 11.1. The molecule has 1 aromatic rings. The number of unbranched alkanes of at least 4 members (excludes halogenated alkanes) is 1. The number of benzene rings is 1. The maximum absolute atomic E-state index is 11.4. The second kappa shape index (κ2) is 5.42. The molecule has 0 unspecified atom stereocenters. The third-order valence-corrected chi connectivity index (χ3v) is 3.50. The van der Waals surface area contributed by atoms with Gasteiger partial charge in [0.15, 0.2) is 0 Å². The summed E-state index contributed by atoms with van der Waals surface area (Å²) in [5.74, 6) is -0.823. The maximum Gasteiger partial charge on any atom is 0.337 e. The summed E-state index contributed by atoms with van der Waals surface area (Å²) in [4.78, 5) is 13.7. The Morgan fingerprint density at radius 1 is 1.44 bits per heavy atom. The van der Waals surface area contributed by atoms with Gasteiger partial charge >= 0.3 is 5.97 Å². The average Bonchev–Trinajstić information content (AvgIpc) is 3.15. The van der Waals surface area contributed by atoms with Gasteiger partial charge in [0.05, 0.1) is 11.3 Å². The second-order valence-corrected chi connectivity index (χ2v) is 5.05.